The zero-order chi connectivity index (χ0) is 19.1. The van der Waals surface area contributed by atoms with Crippen LogP contribution in [0.4, 0.5) is 0 Å². The Morgan fingerprint density at radius 2 is 1.70 bits per heavy atom. The van der Waals surface area contributed by atoms with Crippen molar-refractivity contribution in [1.82, 2.24) is 9.80 Å². The van der Waals surface area contributed by atoms with Crippen LogP contribution in [0.1, 0.15) is 56.4 Å². The summed E-state index contributed by atoms with van der Waals surface area (Å²) < 4.78 is 0. The van der Waals surface area contributed by atoms with Gasteiger partial charge < -0.3 is 4.90 Å². The van der Waals surface area contributed by atoms with Crippen LogP contribution >= 0.6 is 0 Å². The highest BCUT2D eigenvalue weighted by molar-refractivity contribution is 6.21. The molecule has 5 nitrogen and oxygen atoms in total. The van der Waals surface area contributed by atoms with Gasteiger partial charge in [-0.3, -0.25) is 19.3 Å². The second-order valence-corrected chi connectivity index (χ2v) is 7.44. The number of amides is 3. The van der Waals surface area contributed by atoms with Crippen molar-refractivity contribution in [3.05, 3.63) is 70.8 Å². The molecular weight excluding hydrogens is 340 g/mol. The van der Waals surface area contributed by atoms with E-state index in [2.05, 4.69) is 6.92 Å². The molecule has 2 aromatic rings. The van der Waals surface area contributed by atoms with Gasteiger partial charge in [0, 0.05) is 18.7 Å². The number of carbonyl (C=O) groups excluding carboxylic acids is 3. The molecule has 4 rings (SSSR count). The summed E-state index contributed by atoms with van der Waals surface area (Å²) in [5.74, 6) is -0.00213. The lowest BCUT2D eigenvalue weighted by atomic mass is 10.1. The monoisotopic (exact) mass is 362 g/mol. The number of hydrogen-bond donors (Lipinski definition) is 0. The molecule has 0 N–H and O–H groups in total. The Balaban J connectivity index is 1.53. The van der Waals surface area contributed by atoms with Gasteiger partial charge in [-0.05, 0) is 55.5 Å². The van der Waals surface area contributed by atoms with Crippen LogP contribution in [0.3, 0.4) is 0 Å². The molecule has 0 spiro atoms. The summed E-state index contributed by atoms with van der Waals surface area (Å²) in [6, 6.07) is 14.3. The average molecular weight is 362 g/mol. The Morgan fingerprint density at radius 1 is 1.07 bits per heavy atom. The van der Waals surface area contributed by atoms with E-state index in [9.17, 15) is 14.4 Å². The van der Waals surface area contributed by atoms with Crippen molar-refractivity contribution >= 4 is 17.7 Å². The fourth-order valence-electron chi connectivity index (χ4n) is 3.65. The predicted octanol–water partition coefficient (Wildman–Crippen LogP) is 3.35. The van der Waals surface area contributed by atoms with E-state index in [0.717, 1.165) is 5.56 Å². The lowest BCUT2D eigenvalue weighted by molar-refractivity contribution is 0.0642. The van der Waals surface area contributed by atoms with Crippen molar-refractivity contribution < 1.29 is 14.4 Å². The second kappa shape index (κ2) is 6.65. The molecule has 3 amide bonds. The van der Waals surface area contributed by atoms with Gasteiger partial charge in [-0.2, -0.15) is 0 Å². The van der Waals surface area contributed by atoms with Crippen LogP contribution in [0.15, 0.2) is 48.5 Å². The van der Waals surface area contributed by atoms with Crippen LogP contribution in [0, 0.1) is 5.92 Å². The summed E-state index contributed by atoms with van der Waals surface area (Å²) in [6.07, 6.45) is 2.36. The van der Waals surface area contributed by atoms with Gasteiger partial charge in [0.05, 0.1) is 17.7 Å². The topological polar surface area (TPSA) is 57.7 Å². The van der Waals surface area contributed by atoms with E-state index in [4.69, 9.17) is 0 Å². The van der Waals surface area contributed by atoms with Crippen molar-refractivity contribution in [2.75, 3.05) is 7.05 Å². The van der Waals surface area contributed by atoms with Crippen molar-refractivity contribution in [3.8, 4) is 0 Å². The van der Waals surface area contributed by atoms with Crippen molar-refractivity contribution in [3.63, 3.8) is 0 Å². The minimum absolute atomic E-state index is 0.0291. The molecule has 5 heteroatoms. The van der Waals surface area contributed by atoms with E-state index in [-0.39, 0.29) is 30.3 Å². The molecule has 1 unspecified atom stereocenters. The van der Waals surface area contributed by atoms with Gasteiger partial charge in [0.2, 0.25) is 0 Å². The highest BCUT2D eigenvalue weighted by Gasteiger charge is 2.35. The maximum Gasteiger partial charge on any atom is 0.261 e. The number of carbonyl (C=O) groups is 3. The number of hydrogen-bond acceptors (Lipinski definition) is 3. The van der Waals surface area contributed by atoms with Gasteiger partial charge in [0.25, 0.3) is 17.7 Å². The molecule has 27 heavy (non-hydrogen) atoms. The fraction of sp³-hybridized carbons (Fsp3) is 0.318. The molecule has 1 fully saturated rings. The van der Waals surface area contributed by atoms with E-state index < -0.39 is 0 Å². The van der Waals surface area contributed by atoms with Crippen LogP contribution in [0.5, 0.6) is 0 Å². The third-order valence-corrected chi connectivity index (χ3v) is 5.63. The normalized spacial score (nSPS) is 17.0. The Labute approximate surface area is 158 Å². The van der Waals surface area contributed by atoms with Crippen LogP contribution in [-0.2, 0) is 6.54 Å². The molecule has 0 saturated heterocycles. The molecule has 2 aliphatic rings. The molecule has 1 aliphatic heterocycles. The molecule has 2 aromatic carbocycles. The summed E-state index contributed by atoms with van der Waals surface area (Å²) in [5.41, 5.74) is 2.22. The van der Waals surface area contributed by atoms with E-state index >= 15 is 0 Å². The maximum absolute atomic E-state index is 12.8. The molecule has 0 radical (unpaired) electrons. The van der Waals surface area contributed by atoms with Crippen LogP contribution in [-0.4, -0.2) is 40.6 Å². The number of rotatable bonds is 5. The lowest BCUT2D eigenvalue weighted by Crippen LogP contribution is -2.36. The van der Waals surface area contributed by atoms with Gasteiger partial charge in [0.15, 0.2) is 0 Å². The Kier molecular flexibility index (Phi) is 4.30. The molecule has 1 heterocycles. The van der Waals surface area contributed by atoms with Crippen LogP contribution in [0.25, 0.3) is 0 Å². The Morgan fingerprint density at radius 3 is 2.30 bits per heavy atom. The first kappa shape index (κ1) is 17.5. The molecule has 1 saturated carbocycles. The van der Waals surface area contributed by atoms with Gasteiger partial charge >= 0.3 is 0 Å². The first-order valence-corrected chi connectivity index (χ1v) is 9.28. The fourth-order valence-corrected chi connectivity index (χ4v) is 3.65. The minimum Gasteiger partial charge on any atom is -0.339 e. The number of nitrogens with zero attached hydrogens (tertiary/aromatic N) is 2. The molecular formula is C22H22N2O3. The summed E-state index contributed by atoms with van der Waals surface area (Å²) in [5, 5.41) is 0. The first-order chi connectivity index (χ1) is 13.0. The number of benzene rings is 2. The van der Waals surface area contributed by atoms with E-state index in [1.165, 1.54) is 17.7 Å². The summed E-state index contributed by atoms with van der Waals surface area (Å²) in [6.45, 7) is 2.24. The maximum atomic E-state index is 12.8. The van der Waals surface area contributed by atoms with Crippen LogP contribution in [0.2, 0.25) is 0 Å². The molecule has 0 aromatic heterocycles. The van der Waals surface area contributed by atoms with Crippen LogP contribution < -0.4 is 0 Å². The third kappa shape index (κ3) is 3.14. The van der Waals surface area contributed by atoms with Gasteiger partial charge in [-0.15, -0.1) is 0 Å². The third-order valence-electron chi connectivity index (χ3n) is 5.63. The molecule has 1 atom stereocenters. The smallest absolute Gasteiger partial charge is 0.261 e. The van der Waals surface area contributed by atoms with Gasteiger partial charge in [-0.1, -0.05) is 24.3 Å². The standard InChI is InChI=1S/C22H22N2O3/c1-14(16-10-11-16)23(2)20(25)17-7-5-6-15(12-17)13-24-21(26)18-8-3-4-9-19(18)22(24)27/h3-9,12,14,16H,10-11,13H2,1-2H3. The SMILES string of the molecule is CC(C1CC1)N(C)C(=O)c1cccc(CN2C(=O)c3ccccc3C2=O)c1. The largest absolute Gasteiger partial charge is 0.339 e. The Bertz CT molecular complexity index is 898. The summed E-state index contributed by atoms with van der Waals surface area (Å²) in [7, 11) is 1.84. The highest BCUT2D eigenvalue weighted by atomic mass is 16.2. The molecule has 1 aliphatic carbocycles. The summed E-state index contributed by atoms with van der Waals surface area (Å²) in [4.78, 5) is 40.9. The van der Waals surface area contributed by atoms with E-state index in [0.29, 0.717) is 22.6 Å². The number of imide groups is 1. The lowest BCUT2D eigenvalue weighted by Gasteiger charge is -2.25. The predicted molar refractivity (Wildman–Crippen MR) is 101 cm³/mol. The van der Waals surface area contributed by atoms with Gasteiger partial charge in [0.1, 0.15) is 0 Å². The van der Waals surface area contributed by atoms with Crippen molar-refractivity contribution in [2.24, 2.45) is 5.92 Å². The quantitative estimate of drug-likeness (QED) is 0.767. The zero-order valence-corrected chi connectivity index (χ0v) is 15.5. The highest BCUT2D eigenvalue weighted by Crippen LogP contribution is 2.35. The van der Waals surface area contributed by atoms with E-state index in [1.807, 2.05) is 13.1 Å². The Hall–Kier alpha value is -2.95. The minimum atomic E-state index is -0.285. The number of fused-ring (bicyclic) bond motifs is 1. The molecule has 0 bridgehead atoms. The zero-order valence-electron chi connectivity index (χ0n) is 15.5. The second-order valence-electron chi connectivity index (χ2n) is 7.44. The summed E-state index contributed by atoms with van der Waals surface area (Å²) >= 11 is 0. The van der Waals surface area contributed by atoms with Gasteiger partial charge in [-0.25, -0.2) is 0 Å². The van der Waals surface area contributed by atoms with E-state index in [1.54, 1.807) is 47.4 Å². The van der Waals surface area contributed by atoms with Crippen molar-refractivity contribution in [1.29, 1.82) is 0 Å². The first-order valence-electron chi connectivity index (χ1n) is 9.28. The molecule has 138 valence electrons. The average Bonchev–Trinajstić information content (AvgIpc) is 3.51. The van der Waals surface area contributed by atoms with Crippen molar-refractivity contribution in [2.45, 2.75) is 32.4 Å².